The summed E-state index contributed by atoms with van der Waals surface area (Å²) in [5.74, 6) is 2.17. The van der Waals surface area contributed by atoms with Crippen LogP contribution < -0.4 is 20.1 Å². The van der Waals surface area contributed by atoms with Crippen LogP contribution in [0.3, 0.4) is 0 Å². The summed E-state index contributed by atoms with van der Waals surface area (Å²) in [4.78, 5) is 9.13. The van der Waals surface area contributed by atoms with Crippen molar-refractivity contribution in [3.8, 4) is 11.5 Å². The monoisotopic (exact) mass is 395 g/mol. The SMILES string of the molecule is CCNC(=NCCCn1cnc2ccccc21)Nc1ccc(OCC)c(OC)c1. The fourth-order valence-electron chi connectivity index (χ4n) is 3.08. The van der Waals surface area contributed by atoms with E-state index in [1.54, 1.807) is 7.11 Å². The molecule has 0 spiro atoms. The summed E-state index contributed by atoms with van der Waals surface area (Å²) in [6.45, 7) is 6.96. The lowest BCUT2D eigenvalue weighted by atomic mass is 10.2. The van der Waals surface area contributed by atoms with Gasteiger partial charge in [0.05, 0.1) is 31.1 Å². The van der Waals surface area contributed by atoms with Gasteiger partial charge in [-0.05, 0) is 44.5 Å². The van der Waals surface area contributed by atoms with E-state index in [1.807, 2.05) is 56.6 Å². The number of anilines is 1. The number of rotatable bonds is 9. The first-order chi connectivity index (χ1) is 14.2. The van der Waals surface area contributed by atoms with E-state index in [1.165, 1.54) is 0 Å². The van der Waals surface area contributed by atoms with E-state index < -0.39 is 0 Å². The maximum Gasteiger partial charge on any atom is 0.195 e. The molecule has 7 heteroatoms. The molecule has 29 heavy (non-hydrogen) atoms. The van der Waals surface area contributed by atoms with Crippen LogP contribution in [-0.2, 0) is 6.54 Å². The van der Waals surface area contributed by atoms with E-state index in [-0.39, 0.29) is 0 Å². The second-order valence-electron chi connectivity index (χ2n) is 6.46. The van der Waals surface area contributed by atoms with Crippen molar-refractivity contribution in [2.75, 3.05) is 32.1 Å². The smallest absolute Gasteiger partial charge is 0.195 e. The van der Waals surface area contributed by atoms with Crippen LogP contribution in [0.1, 0.15) is 20.3 Å². The standard InChI is InChI=1S/C22H29N5O2/c1-4-23-22(26-17-11-12-20(29-5-2)21(15-17)28-3)24-13-8-14-27-16-25-18-9-6-7-10-19(18)27/h6-7,9-12,15-16H,4-5,8,13-14H2,1-3H3,(H2,23,24,26). The zero-order chi connectivity index (χ0) is 20.5. The van der Waals surface area contributed by atoms with E-state index in [9.17, 15) is 0 Å². The van der Waals surface area contributed by atoms with Crippen LogP contribution in [0.25, 0.3) is 11.0 Å². The van der Waals surface area contributed by atoms with Crippen molar-refractivity contribution in [3.05, 3.63) is 48.8 Å². The average molecular weight is 396 g/mol. The Morgan fingerprint density at radius 2 is 2.00 bits per heavy atom. The minimum absolute atomic E-state index is 0.597. The lowest BCUT2D eigenvalue weighted by Gasteiger charge is -2.14. The van der Waals surface area contributed by atoms with Gasteiger partial charge in [0.2, 0.25) is 0 Å². The number of fused-ring (bicyclic) bond motifs is 1. The van der Waals surface area contributed by atoms with Crippen molar-refractivity contribution in [1.82, 2.24) is 14.9 Å². The van der Waals surface area contributed by atoms with Crippen molar-refractivity contribution in [2.45, 2.75) is 26.8 Å². The first-order valence-electron chi connectivity index (χ1n) is 10.0. The van der Waals surface area contributed by atoms with Crippen LogP contribution in [0.15, 0.2) is 53.8 Å². The number of nitrogens with zero attached hydrogens (tertiary/aromatic N) is 3. The lowest BCUT2D eigenvalue weighted by Crippen LogP contribution is -2.30. The molecule has 0 unspecified atom stereocenters. The molecule has 2 N–H and O–H groups in total. The Balaban J connectivity index is 1.61. The van der Waals surface area contributed by atoms with Crippen molar-refractivity contribution < 1.29 is 9.47 Å². The van der Waals surface area contributed by atoms with Gasteiger partial charge in [0.15, 0.2) is 17.5 Å². The molecule has 0 radical (unpaired) electrons. The van der Waals surface area contributed by atoms with Gasteiger partial charge in [-0.25, -0.2) is 4.98 Å². The zero-order valence-electron chi connectivity index (χ0n) is 17.3. The van der Waals surface area contributed by atoms with E-state index in [0.29, 0.717) is 18.9 Å². The molecule has 0 fully saturated rings. The molecule has 0 aliphatic rings. The molecule has 154 valence electrons. The molecule has 7 nitrogen and oxygen atoms in total. The minimum atomic E-state index is 0.597. The van der Waals surface area contributed by atoms with E-state index in [4.69, 9.17) is 14.5 Å². The number of hydrogen-bond acceptors (Lipinski definition) is 4. The van der Waals surface area contributed by atoms with Crippen LogP contribution in [0.5, 0.6) is 11.5 Å². The first-order valence-corrected chi connectivity index (χ1v) is 10.0. The number of aryl methyl sites for hydroxylation is 1. The molecule has 3 aromatic rings. The van der Waals surface area contributed by atoms with Crippen LogP contribution in [0, 0.1) is 0 Å². The molecule has 0 atom stereocenters. The Kier molecular flexibility index (Phi) is 7.33. The maximum absolute atomic E-state index is 5.57. The predicted molar refractivity (Wildman–Crippen MR) is 118 cm³/mol. The Morgan fingerprint density at radius 3 is 2.79 bits per heavy atom. The third-order valence-corrected chi connectivity index (χ3v) is 4.42. The Hall–Kier alpha value is -3.22. The van der Waals surface area contributed by atoms with Crippen LogP contribution in [0.4, 0.5) is 5.69 Å². The Morgan fingerprint density at radius 1 is 1.14 bits per heavy atom. The number of benzene rings is 2. The van der Waals surface area contributed by atoms with Gasteiger partial charge < -0.3 is 24.7 Å². The molecule has 1 heterocycles. The molecular formula is C22H29N5O2. The summed E-state index contributed by atoms with van der Waals surface area (Å²) in [6, 6.07) is 13.9. The van der Waals surface area contributed by atoms with E-state index in [0.717, 1.165) is 47.9 Å². The molecule has 0 amide bonds. The minimum Gasteiger partial charge on any atom is -0.493 e. The predicted octanol–water partition coefficient (Wildman–Crippen LogP) is 3.91. The number of aliphatic imine (C=N–C) groups is 1. The van der Waals surface area contributed by atoms with Gasteiger partial charge in [-0.1, -0.05) is 12.1 Å². The van der Waals surface area contributed by atoms with E-state index >= 15 is 0 Å². The molecule has 2 aromatic carbocycles. The van der Waals surface area contributed by atoms with Gasteiger partial charge in [-0.3, -0.25) is 4.99 Å². The number of para-hydroxylation sites is 2. The fourth-order valence-corrected chi connectivity index (χ4v) is 3.08. The highest BCUT2D eigenvalue weighted by molar-refractivity contribution is 5.93. The van der Waals surface area contributed by atoms with Gasteiger partial charge in [-0.15, -0.1) is 0 Å². The number of ether oxygens (including phenoxy) is 2. The summed E-state index contributed by atoms with van der Waals surface area (Å²) in [5, 5.41) is 6.61. The number of nitrogens with one attached hydrogen (secondary N) is 2. The number of methoxy groups -OCH3 is 1. The summed E-state index contributed by atoms with van der Waals surface area (Å²) in [5.41, 5.74) is 3.07. The van der Waals surface area contributed by atoms with E-state index in [2.05, 4.69) is 26.3 Å². The van der Waals surface area contributed by atoms with Gasteiger partial charge >= 0.3 is 0 Å². The average Bonchev–Trinajstić information content (AvgIpc) is 3.15. The second-order valence-corrected chi connectivity index (χ2v) is 6.46. The highest BCUT2D eigenvalue weighted by Crippen LogP contribution is 2.30. The summed E-state index contributed by atoms with van der Waals surface area (Å²) < 4.78 is 13.2. The van der Waals surface area contributed by atoms with Crippen molar-refractivity contribution in [3.63, 3.8) is 0 Å². The molecule has 3 rings (SSSR count). The highest BCUT2D eigenvalue weighted by atomic mass is 16.5. The third-order valence-electron chi connectivity index (χ3n) is 4.42. The van der Waals surface area contributed by atoms with Gasteiger partial charge in [0.1, 0.15) is 0 Å². The summed E-state index contributed by atoms with van der Waals surface area (Å²) >= 11 is 0. The Labute approximate surface area is 171 Å². The molecule has 0 aliphatic carbocycles. The summed E-state index contributed by atoms with van der Waals surface area (Å²) in [7, 11) is 1.64. The molecular weight excluding hydrogens is 366 g/mol. The maximum atomic E-state index is 5.57. The zero-order valence-corrected chi connectivity index (χ0v) is 17.3. The van der Waals surface area contributed by atoms with Crippen molar-refractivity contribution in [2.24, 2.45) is 4.99 Å². The molecule has 1 aromatic heterocycles. The van der Waals surface area contributed by atoms with Gasteiger partial charge in [0, 0.05) is 31.4 Å². The lowest BCUT2D eigenvalue weighted by molar-refractivity contribution is 0.311. The molecule has 0 aliphatic heterocycles. The first kappa shape index (κ1) is 20.5. The number of guanidine groups is 1. The second kappa shape index (κ2) is 10.4. The normalized spacial score (nSPS) is 11.5. The van der Waals surface area contributed by atoms with Crippen LogP contribution >= 0.6 is 0 Å². The number of aromatic nitrogens is 2. The third kappa shape index (κ3) is 5.40. The van der Waals surface area contributed by atoms with Crippen LogP contribution in [-0.4, -0.2) is 42.3 Å². The Bertz CT molecular complexity index is 951. The molecule has 0 bridgehead atoms. The number of hydrogen-bond donors (Lipinski definition) is 2. The van der Waals surface area contributed by atoms with Crippen LogP contribution in [0.2, 0.25) is 0 Å². The molecule has 0 saturated carbocycles. The summed E-state index contributed by atoms with van der Waals surface area (Å²) in [6.07, 6.45) is 2.81. The fraction of sp³-hybridized carbons (Fsp3) is 0.364. The van der Waals surface area contributed by atoms with Crippen molar-refractivity contribution in [1.29, 1.82) is 0 Å². The molecule has 0 saturated heterocycles. The largest absolute Gasteiger partial charge is 0.493 e. The number of imidazole rings is 1. The topological polar surface area (TPSA) is 72.7 Å². The highest BCUT2D eigenvalue weighted by Gasteiger charge is 2.07. The van der Waals surface area contributed by atoms with Crippen molar-refractivity contribution >= 4 is 22.7 Å². The van der Waals surface area contributed by atoms with Gasteiger partial charge in [0.25, 0.3) is 0 Å². The quantitative estimate of drug-likeness (QED) is 0.326. The van der Waals surface area contributed by atoms with Gasteiger partial charge in [-0.2, -0.15) is 0 Å².